The summed E-state index contributed by atoms with van der Waals surface area (Å²) in [5.41, 5.74) is -0.649. The van der Waals surface area contributed by atoms with Crippen LogP contribution in [0, 0.1) is 17.5 Å². The number of aromatic nitrogens is 2. The lowest BCUT2D eigenvalue weighted by molar-refractivity contribution is 0.107. The van der Waals surface area contributed by atoms with Crippen molar-refractivity contribution in [3.63, 3.8) is 0 Å². The lowest BCUT2D eigenvalue weighted by atomic mass is 9.91. The van der Waals surface area contributed by atoms with E-state index < -0.39 is 34.7 Å². The smallest absolute Gasteiger partial charge is 0.319 e. The number of aryl methyl sites for hydroxylation is 1. The van der Waals surface area contributed by atoms with Gasteiger partial charge >= 0.3 is 6.01 Å². The third-order valence-electron chi connectivity index (χ3n) is 10.4. The number of benzene rings is 3. The van der Waals surface area contributed by atoms with Crippen molar-refractivity contribution < 1.29 is 27.4 Å². The average Bonchev–Trinajstić information content (AvgIpc) is 3.66. The zero-order valence-electron chi connectivity index (χ0n) is 25.1. The first-order valence-electron chi connectivity index (χ1n) is 15.9. The van der Waals surface area contributed by atoms with Crippen molar-refractivity contribution in [1.29, 1.82) is 0 Å². The molecule has 2 N–H and O–H groups in total. The van der Waals surface area contributed by atoms with Gasteiger partial charge in [-0.3, -0.25) is 4.90 Å². The van der Waals surface area contributed by atoms with Gasteiger partial charge in [0, 0.05) is 43.5 Å². The van der Waals surface area contributed by atoms with Crippen LogP contribution in [0.15, 0.2) is 30.3 Å². The van der Waals surface area contributed by atoms with Crippen LogP contribution in [-0.2, 0) is 6.42 Å². The van der Waals surface area contributed by atoms with Gasteiger partial charge < -0.3 is 20.1 Å². The average molecular weight is 622 g/mol. The molecule has 0 amide bonds. The van der Waals surface area contributed by atoms with Crippen LogP contribution in [0.5, 0.6) is 11.8 Å². The molecule has 0 spiro atoms. The van der Waals surface area contributed by atoms with Gasteiger partial charge in [-0.1, -0.05) is 13.0 Å². The molecule has 4 aliphatic heterocycles. The highest BCUT2D eigenvalue weighted by molar-refractivity contribution is 6.03. The SMILES string of the molecule is CCc1c(F)ccc2cc(O)cc(-c3c(F)cc4c(N5CC6CCC(C5)N6)nc(OC[C@@]56CCCN5C[C@H](F)C6)nc4c3F)c12. The predicted octanol–water partition coefficient (Wildman–Crippen LogP) is 6.03. The van der Waals surface area contributed by atoms with E-state index in [1.165, 1.54) is 30.3 Å². The summed E-state index contributed by atoms with van der Waals surface area (Å²) in [6, 6.07) is 7.16. The molecular weight excluding hydrogens is 586 g/mol. The summed E-state index contributed by atoms with van der Waals surface area (Å²) in [4.78, 5) is 13.4. The molecule has 4 saturated heterocycles. The first-order chi connectivity index (χ1) is 21.7. The minimum absolute atomic E-state index is 0.0431. The van der Waals surface area contributed by atoms with Crippen LogP contribution < -0.4 is 15.0 Å². The summed E-state index contributed by atoms with van der Waals surface area (Å²) >= 11 is 0. The van der Waals surface area contributed by atoms with Crippen molar-refractivity contribution in [3.8, 4) is 22.9 Å². The van der Waals surface area contributed by atoms with E-state index in [2.05, 4.69) is 15.2 Å². The molecule has 3 aromatic carbocycles. The van der Waals surface area contributed by atoms with Gasteiger partial charge in [0.15, 0.2) is 5.82 Å². The lowest BCUT2D eigenvalue weighted by Crippen LogP contribution is -2.51. The van der Waals surface area contributed by atoms with Crippen LogP contribution in [0.3, 0.4) is 0 Å². The molecule has 0 saturated carbocycles. The minimum Gasteiger partial charge on any atom is -0.508 e. The molecule has 0 aliphatic carbocycles. The molecule has 236 valence electrons. The Morgan fingerprint density at radius 1 is 1.04 bits per heavy atom. The first kappa shape index (κ1) is 28.8. The molecule has 4 atom stereocenters. The molecule has 5 heterocycles. The van der Waals surface area contributed by atoms with Crippen molar-refractivity contribution in [2.45, 2.75) is 69.2 Å². The van der Waals surface area contributed by atoms with E-state index >= 15 is 8.78 Å². The van der Waals surface area contributed by atoms with Gasteiger partial charge in [-0.05, 0) is 84.8 Å². The number of nitrogens with one attached hydrogen (secondary N) is 1. The summed E-state index contributed by atoms with van der Waals surface area (Å²) in [6.07, 6.45) is 3.45. The number of aromatic hydroxyl groups is 1. The maximum absolute atomic E-state index is 16.9. The number of phenols is 1. The van der Waals surface area contributed by atoms with Crippen molar-refractivity contribution in [2.75, 3.05) is 37.7 Å². The Balaban J connectivity index is 1.30. The molecular formula is C34H35F4N5O2. The van der Waals surface area contributed by atoms with Crippen LogP contribution in [-0.4, -0.2) is 76.6 Å². The van der Waals surface area contributed by atoms with Crippen LogP contribution in [0.4, 0.5) is 23.4 Å². The van der Waals surface area contributed by atoms with Crippen LogP contribution in [0.25, 0.3) is 32.8 Å². The molecule has 0 radical (unpaired) electrons. The predicted molar refractivity (Wildman–Crippen MR) is 164 cm³/mol. The molecule has 8 rings (SSSR count). The second-order valence-electron chi connectivity index (χ2n) is 13.2. The zero-order chi connectivity index (χ0) is 31.0. The number of anilines is 1. The standard InChI is InChI=1S/C34H35F4N5O2/c1-2-23-26(36)7-4-18-10-22(44)11-24(28(18)23)29-27(37)12-25-31(30(29)38)40-33(41-32(25)42-15-20-5-6-21(16-42)39-20)45-17-34-8-3-9-43(34)14-19(35)13-34/h4,7,10-12,19-21,39,44H,2-3,5-6,8-9,13-17H2,1H3/t19-,20?,21?,34+/m1/s1. The van der Waals surface area contributed by atoms with Crippen molar-refractivity contribution in [3.05, 3.63) is 53.3 Å². The highest BCUT2D eigenvalue weighted by Gasteiger charge is 2.49. The van der Waals surface area contributed by atoms with Crippen molar-refractivity contribution >= 4 is 27.5 Å². The zero-order valence-corrected chi connectivity index (χ0v) is 25.1. The van der Waals surface area contributed by atoms with E-state index in [1.807, 2.05) is 4.90 Å². The van der Waals surface area contributed by atoms with Gasteiger partial charge in [0.05, 0.1) is 11.1 Å². The second kappa shape index (κ2) is 10.7. The monoisotopic (exact) mass is 621 g/mol. The fourth-order valence-electron chi connectivity index (χ4n) is 8.37. The van der Waals surface area contributed by atoms with Gasteiger partial charge in [-0.2, -0.15) is 9.97 Å². The van der Waals surface area contributed by atoms with E-state index in [4.69, 9.17) is 9.72 Å². The van der Waals surface area contributed by atoms with Gasteiger partial charge in [0.2, 0.25) is 0 Å². The van der Waals surface area contributed by atoms with Gasteiger partial charge in [-0.15, -0.1) is 0 Å². The third-order valence-corrected chi connectivity index (χ3v) is 10.4. The van der Waals surface area contributed by atoms with Crippen molar-refractivity contribution in [2.24, 2.45) is 0 Å². The number of halogens is 4. The van der Waals surface area contributed by atoms with Gasteiger partial charge in [-0.25, -0.2) is 17.6 Å². The highest BCUT2D eigenvalue weighted by Crippen LogP contribution is 2.43. The Morgan fingerprint density at radius 3 is 2.62 bits per heavy atom. The molecule has 7 nitrogen and oxygen atoms in total. The quantitative estimate of drug-likeness (QED) is 0.255. The summed E-state index contributed by atoms with van der Waals surface area (Å²) < 4.78 is 68.7. The summed E-state index contributed by atoms with van der Waals surface area (Å²) in [6.45, 7) is 4.33. The molecule has 1 aromatic heterocycles. The van der Waals surface area contributed by atoms with Gasteiger partial charge in [0.25, 0.3) is 0 Å². The number of hydrogen-bond acceptors (Lipinski definition) is 7. The maximum atomic E-state index is 16.9. The van der Waals surface area contributed by atoms with E-state index in [-0.39, 0.29) is 53.3 Å². The molecule has 4 aromatic rings. The Labute approximate surface area is 258 Å². The highest BCUT2D eigenvalue weighted by atomic mass is 19.1. The molecule has 2 unspecified atom stereocenters. The molecule has 4 fully saturated rings. The number of ether oxygens (including phenoxy) is 1. The normalized spacial score (nSPS) is 26.3. The fourth-order valence-corrected chi connectivity index (χ4v) is 8.37. The second-order valence-corrected chi connectivity index (χ2v) is 13.2. The topological polar surface area (TPSA) is 73.8 Å². The lowest BCUT2D eigenvalue weighted by Gasteiger charge is -2.34. The summed E-state index contributed by atoms with van der Waals surface area (Å²) in [5, 5.41) is 15.1. The van der Waals surface area contributed by atoms with Gasteiger partial charge in [0.1, 0.15) is 41.5 Å². The van der Waals surface area contributed by atoms with Crippen LogP contribution in [0.2, 0.25) is 0 Å². The van der Waals surface area contributed by atoms with Crippen molar-refractivity contribution in [1.82, 2.24) is 20.2 Å². The van der Waals surface area contributed by atoms with Crippen LogP contribution in [0.1, 0.15) is 44.6 Å². The third kappa shape index (κ3) is 4.69. The Kier molecular flexibility index (Phi) is 6.83. The van der Waals surface area contributed by atoms with E-state index in [9.17, 15) is 13.9 Å². The van der Waals surface area contributed by atoms with Crippen LogP contribution >= 0.6 is 0 Å². The molecule has 11 heteroatoms. The molecule has 2 bridgehead atoms. The summed E-state index contributed by atoms with van der Waals surface area (Å²) in [7, 11) is 0. The Morgan fingerprint density at radius 2 is 1.84 bits per heavy atom. The maximum Gasteiger partial charge on any atom is 0.319 e. The largest absolute Gasteiger partial charge is 0.508 e. The van der Waals surface area contributed by atoms with E-state index in [0.29, 0.717) is 48.2 Å². The van der Waals surface area contributed by atoms with E-state index in [0.717, 1.165) is 32.2 Å². The number of nitrogens with zero attached hydrogens (tertiary/aromatic N) is 4. The molecule has 4 aliphatic rings. The summed E-state index contributed by atoms with van der Waals surface area (Å²) in [5.74, 6) is -2.11. The fraction of sp³-hybridized carbons (Fsp3) is 0.471. The number of phenolic OH excluding ortho intramolecular Hbond substituents is 1. The Bertz CT molecular complexity index is 1830. The number of rotatable bonds is 6. The number of piperazine rings is 1. The van der Waals surface area contributed by atoms with E-state index in [1.54, 1.807) is 6.92 Å². The molecule has 45 heavy (non-hydrogen) atoms. The number of fused-ring (bicyclic) bond motifs is 5. The number of hydrogen-bond donors (Lipinski definition) is 2. The Hall–Kier alpha value is -3.70. The number of alkyl halides is 1. The minimum atomic E-state index is -0.944. The first-order valence-corrected chi connectivity index (χ1v) is 15.9.